The van der Waals surface area contributed by atoms with Gasteiger partial charge in [0.05, 0.1) is 30.3 Å². The van der Waals surface area contributed by atoms with Crippen LogP contribution in [0.3, 0.4) is 0 Å². The number of benzene rings is 1. The van der Waals surface area contributed by atoms with Gasteiger partial charge < -0.3 is 14.4 Å². The minimum absolute atomic E-state index is 0.0678. The number of ether oxygens (including phenoxy) is 2. The van der Waals surface area contributed by atoms with Crippen LogP contribution in [0.15, 0.2) is 35.4 Å². The Hall–Kier alpha value is -2.44. The van der Waals surface area contributed by atoms with Gasteiger partial charge in [0, 0.05) is 31.4 Å². The summed E-state index contributed by atoms with van der Waals surface area (Å²) in [5.41, 5.74) is 1.31. The molecule has 1 saturated heterocycles. The molecule has 4 rings (SSSR count). The zero-order valence-electron chi connectivity index (χ0n) is 15.1. The lowest BCUT2D eigenvalue weighted by molar-refractivity contribution is -0.274. The lowest BCUT2D eigenvalue weighted by Gasteiger charge is -2.26. The highest BCUT2D eigenvalue weighted by atomic mass is 32.2. The SMILES string of the molecule is O=S(=O)(c1ccc(OC(F)(F)F)cc1)N1Cc2cnc(N3CCOCC3)nc2C1. The van der Waals surface area contributed by atoms with Crippen molar-refractivity contribution in [1.82, 2.24) is 14.3 Å². The summed E-state index contributed by atoms with van der Waals surface area (Å²) in [6.45, 7) is 2.64. The molecule has 3 heterocycles. The van der Waals surface area contributed by atoms with Crippen LogP contribution < -0.4 is 9.64 Å². The Morgan fingerprint density at radius 2 is 1.76 bits per heavy atom. The summed E-state index contributed by atoms with van der Waals surface area (Å²) < 4.78 is 72.8. The van der Waals surface area contributed by atoms with Gasteiger partial charge >= 0.3 is 6.36 Å². The first-order valence-corrected chi connectivity index (χ1v) is 10.2. The van der Waals surface area contributed by atoms with Crippen molar-refractivity contribution in [2.75, 3.05) is 31.2 Å². The summed E-state index contributed by atoms with van der Waals surface area (Å²) in [7, 11) is -3.91. The van der Waals surface area contributed by atoms with Crippen molar-refractivity contribution in [3.05, 3.63) is 41.7 Å². The number of anilines is 1. The summed E-state index contributed by atoms with van der Waals surface area (Å²) in [5.74, 6) is 0.0436. The van der Waals surface area contributed by atoms with E-state index in [-0.39, 0.29) is 18.0 Å². The fraction of sp³-hybridized carbons (Fsp3) is 0.412. The molecule has 0 amide bonds. The van der Waals surface area contributed by atoms with Gasteiger partial charge in [-0.3, -0.25) is 0 Å². The molecular formula is C17H17F3N4O4S. The molecule has 0 saturated carbocycles. The summed E-state index contributed by atoms with van der Waals surface area (Å²) in [5, 5.41) is 0. The zero-order valence-corrected chi connectivity index (χ0v) is 15.9. The molecule has 12 heteroatoms. The maximum absolute atomic E-state index is 12.9. The highest BCUT2D eigenvalue weighted by Gasteiger charge is 2.34. The van der Waals surface area contributed by atoms with Gasteiger partial charge in [-0.2, -0.15) is 4.31 Å². The van der Waals surface area contributed by atoms with Crippen LogP contribution in [0.2, 0.25) is 0 Å². The number of morpholine rings is 1. The highest BCUT2D eigenvalue weighted by molar-refractivity contribution is 7.89. The van der Waals surface area contributed by atoms with E-state index in [0.717, 1.165) is 24.3 Å². The topological polar surface area (TPSA) is 84.9 Å². The molecule has 0 aliphatic carbocycles. The zero-order chi connectivity index (χ0) is 20.6. The molecule has 1 fully saturated rings. The van der Waals surface area contributed by atoms with E-state index in [2.05, 4.69) is 14.7 Å². The molecule has 156 valence electrons. The smallest absolute Gasteiger partial charge is 0.406 e. The molecule has 0 N–H and O–H groups in total. The lowest BCUT2D eigenvalue weighted by atomic mass is 10.3. The molecule has 1 aromatic heterocycles. The van der Waals surface area contributed by atoms with Gasteiger partial charge in [0.15, 0.2) is 0 Å². The van der Waals surface area contributed by atoms with E-state index in [9.17, 15) is 21.6 Å². The largest absolute Gasteiger partial charge is 0.573 e. The van der Waals surface area contributed by atoms with Crippen molar-refractivity contribution >= 4 is 16.0 Å². The number of hydrogen-bond donors (Lipinski definition) is 0. The van der Waals surface area contributed by atoms with Crippen molar-refractivity contribution in [1.29, 1.82) is 0 Å². The van der Waals surface area contributed by atoms with Crippen molar-refractivity contribution in [3.63, 3.8) is 0 Å². The van der Waals surface area contributed by atoms with Crippen LogP contribution in [-0.4, -0.2) is 55.4 Å². The third-order valence-corrected chi connectivity index (χ3v) is 6.41. The number of halogens is 3. The summed E-state index contributed by atoms with van der Waals surface area (Å²) in [4.78, 5) is 10.7. The second-order valence-corrected chi connectivity index (χ2v) is 8.47. The number of aromatic nitrogens is 2. The average Bonchev–Trinajstić information content (AvgIpc) is 3.12. The Balaban J connectivity index is 1.50. The molecule has 1 aromatic carbocycles. The molecule has 2 aliphatic rings. The Bertz CT molecular complexity index is 993. The summed E-state index contributed by atoms with van der Waals surface area (Å²) in [6.07, 6.45) is -3.23. The van der Waals surface area contributed by atoms with Crippen molar-refractivity contribution in [2.45, 2.75) is 24.3 Å². The molecule has 2 aromatic rings. The number of hydrogen-bond acceptors (Lipinski definition) is 7. The van der Waals surface area contributed by atoms with E-state index < -0.39 is 22.1 Å². The summed E-state index contributed by atoms with van der Waals surface area (Å²) in [6, 6.07) is 4.12. The molecule has 0 unspecified atom stereocenters. The molecule has 8 nitrogen and oxygen atoms in total. The quantitative estimate of drug-likeness (QED) is 0.733. The Kier molecular flexibility index (Phi) is 5.09. The Morgan fingerprint density at radius 1 is 1.07 bits per heavy atom. The molecule has 29 heavy (non-hydrogen) atoms. The van der Waals surface area contributed by atoms with E-state index in [0.29, 0.717) is 43.5 Å². The lowest BCUT2D eigenvalue weighted by Crippen LogP contribution is -2.37. The number of rotatable bonds is 4. The number of fused-ring (bicyclic) bond motifs is 1. The standard InChI is InChI=1S/C17H17F3N4O4S/c18-17(19,20)28-13-1-3-14(4-2-13)29(25,26)24-10-12-9-21-16(22-15(12)11-24)23-5-7-27-8-6-23/h1-4,9H,5-8,10-11H2. The normalized spacial score (nSPS) is 18.0. The average molecular weight is 430 g/mol. The molecular weight excluding hydrogens is 413 g/mol. The minimum atomic E-state index is -4.84. The summed E-state index contributed by atoms with van der Waals surface area (Å²) >= 11 is 0. The second-order valence-electron chi connectivity index (χ2n) is 6.53. The van der Waals surface area contributed by atoms with Crippen LogP contribution in [0.5, 0.6) is 5.75 Å². The van der Waals surface area contributed by atoms with Crippen LogP contribution in [0.4, 0.5) is 19.1 Å². The van der Waals surface area contributed by atoms with Gasteiger partial charge in [-0.05, 0) is 24.3 Å². The van der Waals surface area contributed by atoms with Gasteiger partial charge in [-0.25, -0.2) is 18.4 Å². The molecule has 0 radical (unpaired) electrons. The third kappa shape index (κ3) is 4.28. The maximum atomic E-state index is 12.9. The molecule has 2 aliphatic heterocycles. The highest BCUT2D eigenvalue weighted by Crippen LogP contribution is 2.30. The van der Waals surface area contributed by atoms with Crippen LogP contribution in [0.1, 0.15) is 11.3 Å². The van der Waals surface area contributed by atoms with Gasteiger partial charge in [0.2, 0.25) is 16.0 Å². The predicted molar refractivity (Wildman–Crippen MR) is 94.6 cm³/mol. The molecule has 0 atom stereocenters. The van der Waals surface area contributed by atoms with Crippen LogP contribution >= 0.6 is 0 Å². The monoisotopic (exact) mass is 430 g/mol. The minimum Gasteiger partial charge on any atom is -0.406 e. The predicted octanol–water partition coefficient (Wildman–Crippen LogP) is 1.92. The third-order valence-electron chi connectivity index (χ3n) is 4.60. The van der Waals surface area contributed by atoms with E-state index >= 15 is 0 Å². The first-order chi connectivity index (χ1) is 13.7. The maximum Gasteiger partial charge on any atom is 0.573 e. The number of nitrogens with zero attached hydrogens (tertiary/aromatic N) is 4. The number of alkyl halides is 3. The van der Waals surface area contributed by atoms with E-state index in [1.165, 1.54) is 4.31 Å². The van der Waals surface area contributed by atoms with Gasteiger partial charge in [0.25, 0.3) is 0 Å². The van der Waals surface area contributed by atoms with Gasteiger partial charge in [-0.1, -0.05) is 0 Å². The fourth-order valence-electron chi connectivity index (χ4n) is 3.16. The Labute approximate surface area is 164 Å². The van der Waals surface area contributed by atoms with E-state index in [1.807, 2.05) is 4.90 Å². The second kappa shape index (κ2) is 7.43. The van der Waals surface area contributed by atoms with Crippen LogP contribution in [-0.2, 0) is 27.8 Å². The Morgan fingerprint density at radius 3 is 2.41 bits per heavy atom. The first kappa shape index (κ1) is 19.9. The van der Waals surface area contributed by atoms with E-state index in [4.69, 9.17) is 4.74 Å². The first-order valence-electron chi connectivity index (χ1n) is 8.76. The fourth-order valence-corrected chi connectivity index (χ4v) is 4.54. The molecule has 0 bridgehead atoms. The van der Waals surface area contributed by atoms with Crippen LogP contribution in [0, 0.1) is 0 Å². The van der Waals surface area contributed by atoms with Crippen molar-refractivity contribution < 1.29 is 31.1 Å². The van der Waals surface area contributed by atoms with Gasteiger partial charge in [0.1, 0.15) is 5.75 Å². The number of sulfonamides is 1. The van der Waals surface area contributed by atoms with Crippen LogP contribution in [0.25, 0.3) is 0 Å². The van der Waals surface area contributed by atoms with Gasteiger partial charge in [-0.15, -0.1) is 13.2 Å². The van der Waals surface area contributed by atoms with Crippen molar-refractivity contribution in [2.24, 2.45) is 0 Å². The van der Waals surface area contributed by atoms with Crippen molar-refractivity contribution in [3.8, 4) is 5.75 Å². The van der Waals surface area contributed by atoms with E-state index in [1.54, 1.807) is 6.20 Å². The molecule has 0 spiro atoms.